The second-order valence-electron chi connectivity index (χ2n) is 4.22. The summed E-state index contributed by atoms with van der Waals surface area (Å²) in [6.07, 6.45) is 2.49. The van der Waals surface area contributed by atoms with Crippen molar-refractivity contribution in [2.24, 2.45) is 5.92 Å². The second-order valence-corrected chi connectivity index (χ2v) is 4.22. The molecule has 1 N–H and O–H groups in total. The molecule has 16 heavy (non-hydrogen) atoms. The fourth-order valence-corrected chi connectivity index (χ4v) is 1.97. The van der Waals surface area contributed by atoms with Gasteiger partial charge in [-0.25, -0.2) is 9.50 Å². The number of carboxylic acid groups (broad SMARTS) is 1. The largest absolute Gasteiger partial charge is 0.481 e. The number of fused-ring (bicyclic) bond motifs is 1. The van der Waals surface area contributed by atoms with E-state index >= 15 is 0 Å². The molecule has 1 aliphatic rings. The Morgan fingerprint density at radius 1 is 1.62 bits per heavy atom. The van der Waals surface area contributed by atoms with E-state index in [9.17, 15) is 4.79 Å². The molecule has 5 nitrogen and oxygen atoms in total. The van der Waals surface area contributed by atoms with Gasteiger partial charge in [0.25, 0.3) is 0 Å². The molecule has 1 saturated carbocycles. The van der Waals surface area contributed by atoms with E-state index < -0.39 is 5.97 Å². The first-order valence-corrected chi connectivity index (χ1v) is 5.21. The van der Waals surface area contributed by atoms with Crippen molar-refractivity contribution in [1.82, 2.24) is 14.6 Å². The number of hydrogen-bond acceptors (Lipinski definition) is 3. The fourth-order valence-electron chi connectivity index (χ4n) is 1.97. The highest BCUT2D eigenvalue weighted by Crippen LogP contribution is 2.46. The monoisotopic (exact) mass is 217 g/mol. The van der Waals surface area contributed by atoms with Crippen molar-refractivity contribution in [3.63, 3.8) is 0 Å². The molecule has 0 aliphatic heterocycles. The van der Waals surface area contributed by atoms with Crippen molar-refractivity contribution in [1.29, 1.82) is 0 Å². The third-order valence-corrected chi connectivity index (χ3v) is 3.01. The Hall–Kier alpha value is -1.91. The molecule has 0 radical (unpaired) electrons. The number of pyridine rings is 1. The minimum Gasteiger partial charge on any atom is -0.481 e. The zero-order valence-corrected chi connectivity index (χ0v) is 8.79. The quantitative estimate of drug-likeness (QED) is 0.821. The molecule has 2 atom stereocenters. The number of rotatable bonds is 2. The van der Waals surface area contributed by atoms with E-state index in [-0.39, 0.29) is 11.8 Å². The lowest BCUT2D eigenvalue weighted by atomic mass is 10.3. The van der Waals surface area contributed by atoms with E-state index in [1.807, 2.05) is 25.3 Å². The number of aliphatic carboxylic acids is 1. The molecule has 1 aliphatic carbocycles. The highest BCUT2D eigenvalue weighted by molar-refractivity contribution is 5.74. The van der Waals surface area contributed by atoms with Crippen LogP contribution in [0.4, 0.5) is 0 Å². The standard InChI is InChI=1S/C11H11N3O2/c1-6-3-2-4-14-10(6)12-9(13-14)7-5-8(7)11(15)16/h2-4,7-8H,5H2,1H3,(H,15,16). The summed E-state index contributed by atoms with van der Waals surface area (Å²) in [7, 11) is 0. The second kappa shape index (κ2) is 3.04. The van der Waals surface area contributed by atoms with Gasteiger partial charge in [0, 0.05) is 12.1 Å². The van der Waals surface area contributed by atoms with Crippen LogP contribution in [0.3, 0.4) is 0 Å². The molecule has 0 amide bonds. The highest BCUT2D eigenvalue weighted by Gasteiger charge is 2.46. The number of carboxylic acids is 1. The number of nitrogens with zero attached hydrogens (tertiary/aromatic N) is 3. The van der Waals surface area contributed by atoms with Crippen LogP contribution >= 0.6 is 0 Å². The van der Waals surface area contributed by atoms with Gasteiger partial charge in [0.05, 0.1) is 5.92 Å². The third-order valence-electron chi connectivity index (χ3n) is 3.01. The average Bonchev–Trinajstić information content (AvgIpc) is 2.92. The van der Waals surface area contributed by atoms with Gasteiger partial charge < -0.3 is 5.11 Å². The van der Waals surface area contributed by atoms with Crippen molar-refractivity contribution in [2.75, 3.05) is 0 Å². The van der Waals surface area contributed by atoms with Crippen molar-refractivity contribution in [3.8, 4) is 0 Å². The zero-order valence-electron chi connectivity index (χ0n) is 8.79. The highest BCUT2D eigenvalue weighted by atomic mass is 16.4. The van der Waals surface area contributed by atoms with E-state index in [0.717, 1.165) is 11.2 Å². The summed E-state index contributed by atoms with van der Waals surface area (Å²) in [5, 5.41) is 13.2. The van der Waals surface area contributed by atoms with Gasteiger partial charge in [0.1, 0.15) is 0 Å². The maximum Gasteiger partial charge on any atom is 0.307 e. The minimum atomic E-state index is -0.749. The van der Waals surface area contributed by atoms with Gasteiger partial charge in [0.2, 0.25) is 0 Å². The van der Waals surface area contributed by atoms with Crippen LogP contribution in [-0.4, -0.2) is 25.7 Å². The minimum absolute atomic E-state index is 0.00296. The molecule has 82 valence electrons. The van der Waals surface area contributed by atoms with E-state index in [1.165, 1.54) is 0 Å². The first-order valence-electron chi connectivity index (χ1n) is 5.21. The molecule has 0 spiro atoms. The van der Waals surface area contributed by atoms with E-state index in [2.05, 4.69) is 10.1 Å². The predicted octanol–water partition coefficient (Wildman–Crippen LogP) is 1.23. The summed E-state index contributed by atoms with van der Waals surface area (Å²) < 4.78 is 1.71. The van der Waals surface area contributed by atoms with Gasteiger partial charge in [-0.05, 0) is 25.0 Å². The molecule has 2 unspecified atom stereocenters. The lowest BCUT2D eigenvalue weighted by Gasteiger charge is -1.92. The van der Waals surface area contributed by atoms with Gasteiger partial charge in [0.15, 0.2) is 11.5 Å². The summed E-state index contributed by atoms with van der Waals surface area (Å²) >= 11 is 0. The van der Waals surface area contributed by atoms with E-state index in [0.29, 0.717) is 12.2 Å². The molecule has 0 aromatic carbocycles. The Balaban J connectivity index is 2.01. The van der Waals surface area contributed by atoms with Crippen molar-refractivity contribution < 1.29 is 9.90 Å². The Kier molecular flexibility index (Phi) is 1.77. The lowest BCUT2D eigenvalue weighted by Crippen LogP contribution is -1.99. The molecule has 0 bridgehead atoms. The summed E-state index contributed by atoms with van der Waals surface area (Å²) in [6, 6.07) is 3.87. The van der Waals surface area contributed by atoms with Crippen LogP contribution in [0.5, 0.6) is 0 Å². The number of aromatic nitrogens is 3. The zero-order chi connectivity index (χ0) is 11.3. The van der Waals surface area contributed by atoms with Gasteiger partial charge in [-0.1, -0.05) is 6.07 Å². The van der Waals surface area contributed by atoms with Crippen LogP contribution in [0.15, 0.2) is 18.3 Å². The van der Waals surface area contributed by atoms with Gasteiger partial charge in [-0.15, -0.1) is 0 Å². The smallest absolute Gasteiger partial charge is 0.307 e. The Bertz CT molecular complexity index is 576. The Morgan fingerprint density at radius 2 is 2.44 bits per heavy atom. The number of hydrogen-bond donors (Lipinski definition) is 1. The van der Waals surface area contributed by atoms with E-state index in [1.54, 1.807) is 4.52 Å². The Morgan fingerprint density at radius 3 is 3.06 bits per heavy atom. The van der Waals surface area contributed by atoms with Crippen LogP contribution in [0.2, 0.25) is 0 Å². The summed E-state index contributed by atoms with van der Waals surface area (Å²) in [5.74, 6) is -0.392. The van der Waals surface area contributed by atoms with E-state index in [4.69, 9.17) is 5.11 Å². The van der Waals surface area contributed by atoms with Crippen LogP contribution in [0.25, 0.3) is 5.65 Å². The number of aryl methyl sites for hydroxylation is 1. The summed E-state index contributed by atoms with van der Waals surface area (Å²) in [6.45, 7) is 1.97. The van der Waals surface area contributed by atoms with Crippen molar-refractivity contribution >= 4 is 11.6 Å². The molecule has 2 aromatic rings. The van der Waals surface area contributed by atoms with Crippen LogP contribution < -0.4 is 0 Å². The summed E-state index contributed by atoms with van der Waals surface area (Å²) in [4.78, 5) is 15.2. The number of carbonyl (C=O) groups is 1. The molecular formula is C11H11N3O2. The molecule has 0 saturated heterocycles. The molecule has 1 fully saturated rings. The maximum absolute atomic E-state index is 10.8. The van der Waals surface area contributed by atoms with Crippen LogP contribution in [-0.2, 0) is 4.79 Å². The molecule has 3 rings (SSSR count). The van der Waals surface area contributed by atoms with Gasteiger partial charge in [-0.2, -0.15) is 5.10 Å². The molecule has 2 aromatic heterocycles. The normalized spacial score (nSPS) is 23.6. The topological polar surface area (TPSA) is 67.5 Å². The maximum atomic E-state index is 10.8. The average molecular weight is 217 g/mol. The fraction of sp³-hybridized carbons (Fsp3) is 0.364. The SMILES string of the molecule is Cc1cccn2nc(C3CC3C(=O)O)nc12. The summed E-state index contributed by atoms with van der Waals surface area (Å²) in [5.41, 5.74) is 1.86. The van der Waals surface area contributed by atoms with Gasteiger partial charge >= 0.3 is 5.97 Å². The van der Waals surface area contributed by atoms with Crippen molar-refractivity contribution in [3.05, 3.63) is 29.7 Å². The molecular weight excluding hydrogens is 206 g/mol. The molecule has 2 heterocycles. The van der Waals surface area contributed by atoms with Gasteiger partial charge in [-0.3, -0.25) is 4.79 Å². The third kappa shape index (κ3) is 1.28. The first kappa shape index (κ1) is 9.33. The lowest BCUT2D eigenvalue weighted by molar-refractivity contribution is -0.138. The molecule has 5 heteroatoms. The predicted molar refractivity (Wildman–Crippen MR) is 56.2 cm³/mol. The Labute approximate surface area is 91.7 Å². The van der Waals surface area contributed by atoms with Crippen LogP contribution in [0, 0.1) is 12.8 Å². The first-order chi connectivity index (χ1) is 7.66. The van der Waals surface area contributed by atoms with Crippen LogP contribution in [0.1, 0.15) is 23.7 Å². The van der Waals surface area contributed by atoms with Crippen molar-refractivity contribution in [2.45, 2.75) is 19.3 Å².